The zero-order valence-corrected chi connectivity index (χ0v) is 13.5. The summed E-state index contributed by atoms with van der Waals surface area (Å²) in [6.07, 6.45) is 15.2. The third-order valence-electron chi connectivity index (χ3n) is 5.88. The van der Waals surface area contributed by atoms with Crippen LogP contribution in [-0.4, -0.2) is 15.8 Å². The lowest BCUT2D eigenvalue weighted by atomic mass is 9.77. The summed E-state index contributed by atoms with van der Waals surface area (Å²) < 4.78 is 2.20. The average Bonchev–Trinajstić information content (AvgIpc) is 3.18. The molecule has 0 radical (unpaired) electrons. The predicted molar refractivity (Wildman–Crippen MR) is 87.2 cm³/mol. The van der Waals surface area contributed by atoms with E-state index in [4.69, 9.17) is 10.8 Å². The van der Waals surface area contributed by atoms with Crippen LogP contribution < -0.4 is 5.73 Å². The van der Waals surface area contributed by atoms with E-state index in [1.54, 1.807) is 0 Å². The van der Waals surface area contributed by atoms with Gasteiger partial charge in [0, 0.05) is 18.7 Å². The molecule has 2 aliphatic carbocycles. The molecular formula is C18H31N3. The molecule has 0 aromatic carbocycles. The molecule has 2 aliphatic rings. The van der Waals surface area contributed by atoms with E-state index >= 15 is 0 Å². The van der Waals surface area contributed by atoms with Gasteiger partial charge in [0.15, 0.2) is 0 Å². The average molecular weight is 289 g/mol. The van der Waals surface area contributed by atoms with Gasteiger partial charge >= 0.3 is 0 Å². The Balaban J connectivity index is 1.51. The minimum absolute atomic E-state index is 0.301. The standard InChI is InChI=1S/C18H31N3/c1-2-14-7-9-15(10-8-14)18(19)13-16-11-12-21(20-16)17-5-3-4-6-17/h11-12,14-15,17-18H,2-10,13,19H2,1H3. The molecule has 0 saturated heterocycles. The van der Waals surface area contributed by atoms with Crippen LogP contribution in [0.15, 0.2) is 12.3 Å². The first-order valence-corrected chi connectivity index (χ1v) is 9.06. The molecule has 2 fully saturated rings. The maximum Gasteiger partial charge on any atom is 0.0640 e. The zero-order chi connectivity index (χ0) is 14.7. The molecule has 1 aromatic heterocycles. The van der Waals surface area contributed by atoms with Crippen LogP contribution in [0.1, 0.15) is 76.4 Å². The van der Waals surface area contributed by atoms with Crippen molar-refractivity contribution in [3.05, 3.63) is 18.0 Å². The summed E-state index contributed by atoms with van der Waals surface area (Å²) in [6.45, 7) is 2.32. The molecule has 1 aromatic rings. The van der Waals surface area contributed by atoms with Crippen molar-refractivity contribution in [2.45, 2.75) is 83.2 Å². The summed E-state index contributed by atoms with van der Waals surface area (Å²) in [7, 11) is 0. The molecule has 0 spiro atoms. The Kier molecular flexibility index (Phi) is 4.99. The largest absolute Gasteiger partial charge is 0.327 e. The van der Waals surface area contributed by atoms with Crippen molar-refractivity contribution in [3.8, 4) is 0 Å². The van der Waals surface area contributed by atoms with Crippen LogP contribution in [0.5, 0.6) is 0 Å². The lowest BCUT2D eigenvalue weighted by Crippen LogP contribution is -2.35. The van der Waals surface area contributed by atoms with E-state index in [0.29, 0.717) is 18.0 Å². The van der Waals surface area contributed by atoms with Crippen molar-refractivity contribution in [3.63, 3.8) is 0 Å². The minimum atomic E-state index is 0.301. The molecule has 1 heterocycles. The Morgan fingerprint density at radius 3 is 2.57 bits per heavy atom. The molecule has 21 heavy (non-hydrogen) atoms. The van der Waals surface area contributed by atoms with Crippen molar-refractivity contribution in [2.24, 2.45) is 17.6 Å². The van der Waals surface area contributed by atoms with Crippen LogP contribution in [0.3, 0.4) is 0 Å². The molecule has 3 heteroatoms. The van der Waals surface area contributed by atoms with Crippen molar-refractivity contribution in [1.29, 1.82) is 0 Å². The number of nitrogens with two attached hydrogens (primary N) is 1. The fourth-order valence-electron chi connectivity index (χ4n) is 4.29. The summed E-state index contributed by atoms with van der Waals surface area (Å²) in [5.41, 5.74) is 7.68. The van der Waals surface area contributed by atoms with Gasteiger partial charge in [-0.1, -0.05) is 39.0 Å². The van der Waals surface area contributed by atoms with E-state index in [2.05, 4.69) is 23.9 Å². The molecule has 3 rings (SSSR count). The summed E-state index contributed by atoms with van der Waals surface area (Å²) in [4.78, 5) is 0. The molecule has 0 bridgehead atoms. The van der Waals surface area contributed by atoms with E-state index in [9.17, 15) is 0 Å². The lowest BCUT2D eigenvalue weighted by Gasteiger charge is -2.31. The van der Waals surface area contributed by atoms with Crippen LogP contribution in [0.2, 0.25) is 0 Å². The highest BCUT2D eigenvalue weighted by atomic mass is 15.3. The van der Waals surface area contributed by atoms with E-state index in [0.717, 1.165) is 12.3 Å². The van der Waals surface area contributed by atoms with Crippen molar-refractivity contribution in [2.75, 3.05) is 0 Å². The maximum atomic E-state index is 6.48. The molecule has 118 valence electrons. The first-order valence-electron chi connectivity index (χ1n) is 9.06. The second-order valence-corrected chi connectivity index (χ2v) is 7.28. The molecule has 1 atom stereocenters. The van der Waals surface area contributed by atoms with Gasteiger partial charge in [0.1, 0.15) is 0 Å². The van der Waals surface area contributed by atoms with Gasteiger partial charge in [0.2, 0.25) is 0 Å². The van der Waals surface area contributed by atoms with Crippen LogP contribution in [-0.2, 0) is 6.42 Å². The van der Waals surface area contributed by atoms with Crippen molar-refractivity contribution in [1.82, 2.24) is 9.78 Å². The molecule has 2 saturated carbocycles. The van der Waals surface area contributed by atoms with E-state index < -0.39 is 0 Å². The van der Waals surface area contributed by atoms with Gasteiger partial charge in [-0.25, -0.2) is 0 Å². The summed E-state index contributed by atoms with van der Waals surface area (Å²) in [5, 5.41) is 4.79. The van der Waals surface area contributed by atoms with Crippen molar-refractivity contribution >= 4 is 0 Å². The Morgan fingerprint density at radius 1 is 1.19 bits per heavy atom. The van der Waals surface area contributed by atoms with Crippen LogP contribution in [0, 0.1) is 11.8 Å². The first kappa shape index (κ1) is 15.1. The maximum absolute atomic E-state index is 6.48. The van der Waals surface area contributed by atoms with Gasteiger partial charge in [0.25, 0.3) is 0 Å². The fourth-order valence-corrected chi connectivity index (χ4v) is 4.29. The number of hydrogen-bond acceptors (Lipinski definition) is 2. The van der Waals surface area contributed by atoms with Gasteiger partial charge in [-0.2, -0.15) is 5.10 Å². The second-order valence-electron chi connectivity index (χ2n) is 7.28. The first-order chi connectivity index (χ1) is 10.3. The van der Waals surface area contributed by atoms with Crippen LogP contribution >= 0.6 is 0 Å². The van der Waals surface area contributed by atoms with E-state index in [1.807, 2.05) is 0 Å². The monoisotopic (exact) mass is 289 g/mol. The van der Waals surface area contributed by atoms with Gasteiger partial charge in [0.05, 0.1) is 11.7 Å². The fraction of sp³-hybridized carbons (Fsp3) is 0.833. The molecular weight excluding hydrogens is 258 g/mol. The summed E-state index contributed by atoms with van der Waals surface area (Å²) in [6, 6.07) is 3.14. The van der Waals surface area contributed by atoms with Crippen molar-refractivity contribution < 1.29 is 0 Å². The number of aromatic nitrogens is 2. The molecule has 2 N–H and O–H groups in total. The van der Waals surface area contributed by atoms with Gasteiger partial charge in [-0.15, -0.1) is 0 Å². The topological polar surface area (TPSA) is 43.8 Å². The molecule has 0 amide bonds. The highest BCUT2D eigenvalue weighted by Crippen LogP contribution is 2.33. The normalized spacial score (nSPS) is 28.9. The summed E-state index contributed by atoms with van der Waals surface area (Å²) >= 11 is 0. The highest BCUT2D eigenvalue weighted by molar-refractivity contribution is 5.03. The molecule has 1 unspecified atom stereocenters. The Bertz CT molecular complexity index is 425. The number of hydrogen-bond donors (Lipinski definition) is 1. The van der Waals surface area contributed by atoms with E-state index in [1.165, 1.54) is 63.5 Å². The predicted octanol–water partition coefficient (Wildman–Crippen LogP) is 4.08. The number of nitrogens with zero attached hydrogens (tertiary/aromatic N) is 2. The molecule has 0 aliphatic heterocycles. The number of rotatable bonds is 5. The Morgan fingerprint density at radius 2 is 1.90 bits per heavy atom. The van der Waals surface area contributed by atoms with Crippen LogP contribution in [0.4, 0.5) is 0 Å². The lowest BCUT2D eigenvalue weighted by molar-refractivity contribution is 0.237. The zero-order valence-electron chi connectivity index (χ0n) is 13.5. The third-order valence-corrected chi connectivity index (χ3v) is 5.88. The van der Waals surface area contributed by atoms with E-state index in [-0.39, 0.29) is 0 Å². The Hall–Kier alpha value is -0.830. The SMILES string of the molecule is CCC1CCC(C(N)Cc2ccn(C3CCCC3)n2)CC1. The van der Waals surface area contributed by atoms with Gasteiger partial charge in [-0.05, 0) is 43.6 Å². The summed E-state index contributed by atoms with van der Waals surface area (Å²) in [5.74, 6) is 1.67. The second kappa shape index (κ2) is 6.95. The third kappa shape index (κ3) is 3.68. The highest BCUT2D eigenvalue weighted by Gasteiger charge is 2.25. The molecule has 3 nitrogen and oxygen atoms in total. The van der Waals surface area contributed by atoms with Crippen LogP contribution in [0.25, 0.3) is 0 Å². The quantitative estimate of drug-likeness (QED) is 0.887. The Labute approximate surface area is 129 Å². The van der Waals surface area contributed by atoms with Gasteiger partial charge < -0.3 is 5.73 Å². The van der Waals surface area contributed by atoms with Gasteiger partial charge in [-0.3, -0.25) is 4.68 Å². The minimum Gasteiger partial charge on any atom is -0.327 e. The smallest absolute Gasteiger partial charge is 0.0640 e.